The Bertz CT molecular complexity index is 808. The van der Waals surface area contributed by atoms with Crippen LogP contribution in [0.4, 0.5) is 0 Å². The molecular formula is C20H23N3O2. The Morgan fingerprint density at radius 3 is 2.68 bits per heavy atom. The van der Waals surface area contributed by atoms with Crippen molar-refractivity contribution < 1.29 is 9.59 Å². The average Bonchev–Trinajstić information content (AvgIpc) is 3.34. The van der Waals surface area contributed by atoms with Crippen LogP contribution in [-0.4, -0.2) is 41.3 Å². The fraction of sp³-hybridized carbons (Fsp3) is 0.450. The Balaban J connectivity index is 1.46. The monoisotopic (exact) mass is 337 g/mol. The lowest BCUT2D eigenvalue weighted by molar-refractivity contribution is -0.129. The van der Waals surface area contributed by atoms with E-state index in [2.05, 4.69) is 5.32 Å². The molecular weight excluding hydrogens is 314 g/mol. The Labute approximate surface area is 147 Å². The third-order valence-electron chi connectivity index (χ3n) is 5.06. The van der Waals surface area contributed by atoms with Gasteiger partial charge >= 0.3 is 0 Å². The number of rotatable bonds is 5. The Kier molecular flexibility index (Phi) is 4.38. The number of aromatic nitrogens is 1. The van der Waals surface area contributed by atoms with Gasteiger partial charge in [0.05, 0.1) is 11.1 Å². The van der Waals surface area contributed by atoms with Crippen LogP contribution in [-0.2, 0) is 4.79 Å². The van der Waals surface area contributed by atoms with Crippen LogP contribution in [0.5, 0.6) is 0 Å². The minimum Gasteiger partial charge on any atom is -0.351 e. The summed E-state index contributed by atoms with van der Waals surface area (Å²) in [5.41, 5.74) is 2.54. The van der Waals surface area contributed by atoms with Gasteiger partial charge < -0.3 is 10.2 Å². The highest BCUT2D eigenvalue weighted by molar-refractivity contribution is 6.06. The molecule has 1 aromatic carbocycles. The van der Waals surface area contributed by atoms with Gasteiger partial charge in [0.2, 0.25) is 5.91 Å². The number of amides is 2. The number of hydrogen-bond donors (Lipinski definition) is 1. The molecule has 5 heteroatoms. The molecule has 2 amide bonds. The lowest BCUT2D eigenvalue weighted by Crippen LogP contribution is -2.32. The maximum absolute atomic E-state index is 12.7. The summed E-state index contributed by atoms with van der Waals surface area (Å²) in [6.07, 6.45) is 4.84. The maximum atomic E-state index is 12.7. The van der Waals surface area contributed by atoms with Crippen molar-refractivity contribution in [3.05, 3.63) is 41.6 Å². The van der Waals surface area contributed by atoms with Gasteiger partial charge in [-0.2, -0.15) is 0 Å². The molecule has 1 aliphatic carbocycles. The van der Waals surface area contributed by atoms with Crippen LogP contribution in [0.25, 0.3) is 10.9 Å². The van der Waals surface area contributed by atoms with Gasteiger partial charge in [-0.25, -0.2) is 0 Å². The summed E-state index contributed by atoms with van der Waals surface area (Å²) in [6, 6.07) is 9.69. The standard InChI is InChI=1S/C20H23N3O2/c24-19(23-11-3-4-12-23)9-10-21-20(25)16-13-18(14-7-8-14)22-17-6-2-1-5-15(16)17/h1-2,5-6,13-14H,3-4,7-12H2,(H,21,25). The lowest BCUT2D eigenvalue weighted by atomic mass is 10.1. The number of nitrogens with zero attached hydrogens (tertiary/aromatic N) is 2. The third-order valence-corrected chi connectivity index (χ3v) is 5.06. The Morgan fingerprint density at radius 1 is 1.16 bits per heavy atom. The molecule has 0 radical (unpaired) electrons. The molecule has 2 aliphatic rings. The summed E-state index contributed by atoms with van der Waals surface area (Å²) < 4.78 is 0. The van der Waals surface area contributed by atoms with Crippen molar-refractivity contribution in [2.45, 2.75) is 38.0 Å². The van der Waals surface area contributed by atoms with Crippen LogP contribution < -0.4 is 5.32 Å². The normalized spacial score (nSPS) is 17.0. The zero-order chi connectivity index (χ0) is 17.2. The van der Waals surface area contributed by atoms with Crippen molar-refractivity contribution in [2.24, 2.45) is 0 Å². The topological polar surface area (TPSA) is 62.3 Å². The van der Waals surface area contributed by atoms with E-state index in [1.165, 1.54) is 0 Å². The van der Waals surface area contributed by atoms with E-state index in [0.29, 0.717) is 24.4 Å². The lowest BCUT2D eigenvalue weighted by Gasteiger charge is -2.15. The van der Waals surface area contributed by atoms with E-state index < -0.39 is 0 Å². The van der Waals surface area contributed by atoms with Crippen LogP contribution in [0.2, 0.25) is 0 Å². The fourth-order valence-electron chi connectivity index (χ4n) is 3.47. The number of carbonyl (C=O) groups excluding carboxylic acids is 2. The van der Waals surface area contributed by atoms with Crippen LogP contribution >= 0.6 is 0 Å². The molecule has 2 fully saturated rings. The molecule has 130 valence electrons. The average molecular weight is 337 g/mol. The molecule has 1 N–H and O–H groups in total. The van der Waals surface area contributed by atoms with Crippen molar-refractivity contribution in [1.29, 1.82) is 0 Å². The molecule has 0 unspecified atom stereocenters. The number of benzene rings is 1. The number of carbonyl (C=O) groups is 2. The molecule has 2 aromatic rings. The van der Waals surface area contributed by atoms with Crippen LogP contribution in [0.3, 0.4) is 0 Å². The molecule has 1 aliphatic heterocycles. The SMILES string of the molecule is O=C(NCCC(=O)N1CCCC1)c1cc(C2CC2)nc2ccccc12. The summed E-state index contributed by atoms with van der Waals surface area (Å²) >= 11 is 0. The maximum Gasteiger partial charge on any atom is 0.252 e. The van der Waals surface area contributed by atoms with E-state index in [1.807, 2.05) is 35.2 Å². The van der Waals surface area contributed by atoms with Crippen molar-refractivity contribution >= 4 is 22.7 Å². The van der Waals surface area contributed by atoms with E-state index in [1.54, 1.807) is 0 Å². The fourth-order valence-corrected chi connectivity index (χ4v) is 3.47. The second-order valence-electron chi connectivity index (χ2n) is 6.98. The van der Waals surface area contributed by atoms with Gasteiger partial charge in [-0.15, -0.1) is 0 Å². The van der Waals surface area contributed by atoms with E-state index in [4.69, 9.17) is 4.98 Å². The van der Waals surface area contributed by atoms with Crippen molar-refractivity contribution in [3.8, 4) is 0 Å². The zero-order valence-corrected chi connectivity index (χ0v) is 14.3. The highest BCUT2D eigenvalue weighted by Gasteiger charge is 2.27. The number of fused-ring (bicyclic) bond motifs is 1. The first kappa shape index (κ1) is 16.1. The summed E-state index contributed by atoms with van der Waals surface area (Å²) in [5.74, 6) is 0.513. The highest BCUT2D eigenvalue weighted by atomic mass is 16.2. The summed E-state index contributed by atoms with van der Waals surface area (Å²) in [5, 5.41) is 3.79. The van der Waals surface area contributed by atoms with Crippen LogP contribution in [0.15, 0.2) is 30.3 Å². The molecule has 2 heterocycles. The first-order valence-electron chi connectivity index (χ1n) is 9.18. The molecule has 25 heavy (non-hydrogen) atoms. The predicted molar refractivity (Wildman–Crippen MR) is 96.5 cm³/mol. The zero-order valence-electron chi connectivity index (χ0n) is 14.3. The second-order valence-corrected chi connectivity index (χ2v) is 6.98. The van der Waals surface area contributed by atoms with Gasteiger partial charge in [-0.05, 0) is 37.8 Å². The van der Waals surface area contributed by atoms with E-state index >= 15 is 0 Å². The minimum atomic E-state index is -0.116. The Morgan fingerprint density at radius 2 is 1.92 bits per heavy atom. The van der Waals surface area contributed by atoms with Gasteiger partial charge in [0.1, 0.15) is 0 Å². The quantitative estimate of drug-likeness (QED) is 0.912. The number of hydrogen-bond acceptors (Lipinski definition) is 3. The van der Waals surface area contributed by atoms with Gasteiger partial charge in [0.15, 0.2) is 0 Å². The predicted octanol–water partition coefficient (Wildman–Crippen LogP) is 2.85. The van der Waals surface area contributed by atoms with Crippen molar-refractivity contribution in [2.75, 3.05) is 19.6 Å². The number of likely N-dealkylation sites (tertiary alicyclic amines) is 1. The number of nitrogens with one attached hydrogen (secondary N) is 1. The first-order valence-corrected chi connectivity index (χ1v) is 9.18. The molecule has 1 saturated carbocycles. The number of pyridine rings is 1. The van der Waals surface area contributed by atoms with Gasteiger partial charge in [-0.1, -0.05) is 18.2 Å². The van der Waals surface area contributed by atoms with Crippen LogP contribution in [0.1, 0.15) is 54.1 Å². The molecule has 4 rings (SSSR count). The molecule has 1 saturated heterocycles. The van der Waals surface area contributed by atoms with E-state index in [0.717, 1.165) is 55.4 Å². The molecule has 5 nitrogen and oxygen atoms in total. The van der Waals surface area contributed by atoms with Crippen molar-refractivity contribution in [3.63, 3.8) is 0 Å². The summed E-state index contributed by atoms with van der Waals surface area (Å²) in [7, 11) is 0. The molecule has 0 atom stereocenters. The van der Waals surface area contributed by atoms with E-state index in [-0.39, 0.29) is 11.8 Å². The van der Waals surface area contributed by atoms with Crippen molar-refractivity contribution in [1.82, 2.24) is 15.2 Å². The molecule has 0 spiro atoms. The third kappa shape index (κ3) is 3.50. The smallest absolute Gasteiger partial charge is 0.252 e. The minimum absolute atomic E-state index is 0.116. The first-order chi connectivity index (χ1) is 12.2. The van der Waals surface area contributed by atoms with E-state index in [9.17, 15) is 9.59 Å². The van der Waals surface area contributed by atoms with Gasteiger partial charge in [0.25, 0.3) is 5.91 Å². The highest BCUT2D eigenvalue weighted by Crippen LogP contribution is 2.40. The van der Waals surface area contributed by atoms with Gasteiger partial charge in [0, 0.05) is 43.1 Å². The Hall–Kier alpha value is -2.43. The van der Waals surface area contributed by atoms with Gasteiger partial charge in [-0.3, -0.25) is 14.6 Å². The largest absolute Gasteiger partial charge is 0.351 e. The summed E-state index contributed by atoms with van der Waals surface area (Å²) in [4.78, 5) is 31.4. The summed E-state index contributed by atoms with van der Waals surface area (Å²) in [6.45, 7) is 2.09. The number of para-hydroxylation sites is 1. The molecule has 1 aromatic heterocycles. The molecule has 0 bridgehead atoms. The second kappa shape index (κ2) is 6.82. The van der Waals surface area contributed by atoms with Crippen LogP contribution in [0, 0.1) is 0 Å².